The van der Waals surface area contributed by atoms with E-state index < -0.39 is 5.60 Å². The monoisotopic (exact) mass is 367 g/mol. The smallest absolute Gasteiger partial charge is 0.256 e. The fourth-order valence-corrected chi connectivity index (χ4v) is 3.87. The van der Waals surface area contributed by atoms with Gasteiger partial charge in [0, 0.05) is 38.6 Å². The van der Waals surface area contributed by atoms with Crippen LogP contribution in [-0.4, -0.2) is 51.5 Å². The molecule has 2 heterocycles. The summed E-state index contributed by atoms with van der Waals surface area (Å²) < 4.78 is 0. The van der Waals surface area contributed by atoms with Gasteiger partial charge >= 0.3 is 0 Å². The van der Waals surface area contributed by atoms with Crippen molar-refractivity contribution in [1.82, 2.24) is 14.8 Å². The van der Waals surface area contributed by atoms with Crippen molar-refractivity contribution in [2.24, 2.45) is 0 Å². The van der Waals surface area contributed by atoms with Gasteiger partial charge in [0.2, 0.25) is 0 Å². The molecule has 1 fully saturated rings. The molecule has 0 bridgehead atoms. The number of aliphatic hydroxyl groups is 1. The minimum Gasteiger partial charge on any atom is -0.379 e. The number of pyridine rings is 1. The molecular weight excluding hydrogens is 338 g/mol. The summed E-state index contributed by atoms with van der Waals surface area (Å²) in [6.45, 7) is 6.34. The molecule has 1 saturated heterocycles. The highest BCUT2D eigenvalue weighted by Gasteiger charge is 2.42. The predicted molar refractivity (Wildman–Crippen MR) is 106 cm³/mol. The maximum Gasteiger partial charge on any atom is 0.256 e. The molecule has 0 saturated carbocycles. The van der Waals surface area contributed by atoms with E-state index in [1.54, 1.807) is 11.1 Å². The predicted octanol–water partition coefficient (Wildman–Crippen LogP) is 2.68. The van der Waals surface area contributed by atoms with Gasteiger partial charge in [0.05, 0.1) is 0 Å². The molecule has 27 heavy (non-hydrogen) atoms. The van der Waals surface area contributed by atoms with Crippen molar-refractivity contribution < 1.29 is 9.90 Å². The SMILES string of the molecule is Cc1cccc(CN2CCCC(O)(CN(C)Cc3ccncc3C)C2=O)c1. The summed E-state index contributed by atoms with van der Waals surface area (Å²) in [5.74, 6) is -0.159. The molecule has 1 amide bonds. The molecule has 5 heteroatoms. The number of aromatic nitrogens is 1. The molecule has 3 rings (SSSR count). The molecule has 0 spiro atoms. The zero-order chi connectivity index (χ0) is 19.4. The third-order valence-electron chi connectivity index (χ3n) is 5.27. The third kappa shape index (κ3) is 4.73. The van der Waals surface area contributed by atoms with E-state index in [2.05, 4.69) is 11.1 Å². The van der Waals surface area contributed by atoms with Crippen LogP contribution in [0.4, 0.5) is 0 Å². The van der Waals surface area contributed by atoms with Crippen molar-refractivity contribution in [2.45, 2.75) is 45.4 Å². The minimum atomic E-state index is -1.32. The summed E-state index contributed by atoms with van der Waals surface area (Å²) in [7, 11) is 1.95. The van der Waals surface area contributed by atoms with Crippen LogP contribution < -0.4 is 0 Å². The second-order valence-corrected chi connectivity index (χ2v) is 7.83. The Bertz CT molecular complexity index is 808. The van der Waals surface area contributed by atoms with E-state index in [-0.39, 0.29) is 5.91 Å². The third-order valence-corrected chi connectivity index (χ3v) is 5.27. The average molecular weight is 367 g/mol. The van der Waals surface area contributed by atoms with Crippen LogP contribution in [0.25, 0.3) is 0 Å². The number of hydrogen-bond donors (Lipinski definition) is 1. The lowest BCUT2D eigenvalue weighted by Gasteiger charge is -2.40. The molecule has 1 atom stereocenters. The van der Waals surface area contributed by atoms with E-state index in [0.29, 0.717) is 32.6 Å². The zero-order valence-corrected chi connectivity index (χ0v) is 16.5. The molecule has 1 aliphatic heterocycles. The van der Waals surface area contributed by atoms with Crippen molar-refractivity contribution in [3.8, 4) is 0 Å². The van der Waals surface area contributed by atoms with Crippen LogP contribution in [0.1, 0.15) is 35.1 Å². The molecule has 1 N–H and O–H groups in total. The first-order valence-electron chi connectivity index (χ1n) is 9.53. The number of carbonyl (C=O) groups excluding carboxylic acids is 1. The number of aryl methyl sites for hydroxylation is 2. The van der Waals surface area contributed by atoms with Gasteiger partial charge in [0.15, 0.2) is 5.60 Å². The lowest BCUT2D eigenvalue weighted by Crippen LogP contribution is -2.57. The number of piperidine rings is 1. The van der Waals surface area contributed by atoms with E-state index in [9.17, 15) is 9.90 Å². The molecule has 1 aromatic heterocycles. The highest BCUT2D eigenvalue weighted by molar-refractivity contribution is 5.86. The number of likely N-dealkylation sites (N-methyl/N-ethyl adjacent to an activating group) is 1. The Morgan fingerprint density at radius 2 is 2.11 bits per heavy atom. The Labute approximate surface area is 161 Å². The normalized spacial score (nSPS) is 20.3. The second-order valence-electron chi connectivity index (χ2n) is 7.83. The first-order chi connectivity index (χ1) is 12.9. The van der Waals surface area contributed by atoms with Gasteiger partial charge in [-0.05, 0) is 56.5 Å². The quantitative estimate of drug-likeness (QED) is 0.853. The molecule has 0 radical (unpaired) electrons. The molecule has 1 aliphatic rings. The van der Waals surface area contributed by atoms with Gasteiger partial charge in [0.25, 0.3) is 5.91 Å². The molecule has 1 aromatic carbocycles. The van der Waals surface area contributed by atoms with Crippen LogP contribution in [0, 0.1) is 13.8 Å². The fraction of sp³-hybridized carbons (Fsp3) is 0.455. The number of rotatable bonds is 6. The number of carbonyl (C=O) groups is 1. The summed E-state index contributed by atoms with van der Waals surface area (Å²) in [5.41, 5.74) is 3.24. The van der Waals surface area contributed by atoms with E-state index >= 15 is 0 Å². The van der Waals surface area contributed by atoms with Gasteiger partial charge in [-0.15, -0.1) is 0 Å². The maximum absolute atomic E-state index is 13.0. The zero-order valence-electron chi connectivity index (χ0n) is 16.5. The number of hydrogen-bond acceptors (Lipinski definition) is 4. The lowest BCUT2D eigenvalue weighted by atomic mass is 9.90. The first kappa shape index (κ1) is 19.5. The fourth-order valence-electron chi connectivity index (χ4n) is 3.87. The molecular formula is C22H29N3O2. The molecule has 5 nitrogen and oxygen atoms in total. The first-order valence-corrected chi connectivity index (χ1v) is 9.53. The molecule has 2 aromatic rings. The Morgan fingerprint density at radius 1 is 1.30 bits per heavy atom. The van der Waals surface area contributed by atoms with E-state index in [1.165, 1.54) is 5.56 Å². The van der Waals surface area contributed by atoms with Gasteiger partial charge in [-0.1, -0.05) is 29.8 Å². The van der Waals surface area contributed by atoms with Gasteiger partial charge < -0.3 is 10.0 Å². The summed E-state index contributed by atoms with van der Waals surface area (Å²) in [6, 6.07) is 10.2. The number of amides is 1. The summed E-state index contributed by atoms with van der Waals surface area (Å²) in [6.07, 6.45) is 4.94. The van der Waals surface area contributed by atoms with Crippen LogP contribution in [-0.2, 0) is 17.9 Å². The highest BCUT2D eigenvalue weighted by atomic mass is 16.3. The van der Waals surface area contributed by atoms with Gasteiger partial charge in [-0.25, -0.2) is 0 Å². The van der Waals surface area contributed by atoms with Crippen molar-refractivity contribution in [2.75, 3.05) is 20.1 Å². The molecule has 144 valence electrons. The van der Waals surface area contributed by atoms with E-state index in [4.69, 9.17) is 0 Å². The standard InChI is InChI=1S/C22H29N3O2/c1-17-6-4-7-19(12-17)14-25-11-5-9-22(27,21(25)26)16-24(3)15-20-8-10-23-13-18(20)2/h4,6-8,10,12-13,27H,5,9,11,14-16H2,1-3H3. The van der Waals surface area contributed by atoms with Crippen molar-refractivity contribution in [3.05, 3.63) is 65.0 Å². The highest BCUT2D eigenvalue weighted by Crippen LogP contribution is 2.26. The molecule has 0 aliphatic carbocycles. The summed E-state index contributed by atoms with van der Waals surface area (Å²) in [5, 5.41) is 11.1. The topological polar surface area (TPSA) is 56.7 Å². The van der Waals surface area contributed by atoms with Gasteiger partial charge in [-0.3, -0.25) is 14.7 Å². The largest absolute Gasteiger partial charge is 0.379 e. The summed E-state index contributed by atoms with van der Waals surface area (Å²) in [4.78, 5) is 21.0. The number of nitrogens with zero attached hydrogens (tertiary/aromatic N) is 3. The van der Waals surface area contributed by atoms with E-state index in [0.717, 1.165) is 23.1 Å². The minimum absolute atomic E-state index is 0.159. The van der Waals surface area contributed by atoms with E-state index in [1.807, 2.05) is 56.3 Å². The maximum atomic E-state index is 13.0. The van der Waals surface area contributed by atoms with Crippen LogP contribution in [0.15, 0.2) is 42.7 Å². The van der Waals surface area contributed by atoms with Crippen LogP contribution >= 0.6 is 0 Å². The number of likely N-dealkylation sites (tertiary alicyclic amines) is 1. The molecule has 1 unspecified atom stereocenters. The van der Waals surface area contributed by atoms with Crippen LogP contribution in [0.2, 0.25) is 0 Å². The van der Waals surface area contributed by atoms with Crippen molar-refractivity contribution >= 4 is 5.91 Å². The summed E-state index contributed by atoms with van der Waals surface area (Å²) >= 11 is 0. The van der Waals surface area contributed by atoms with Crippen LogP contribution in [0.5, 0.6) is 0 Å². The van der Waals surface area contributed by atoms with Gasteiger partial charge in [0.1, 0.15) is 0 Å². The van der Waals surface area contributed by atoms with Crippen molar-refractivity contribution in [3.63, 3.8) is 0 Å². The van der Waals surface area contributed by atoms with Crippen LogP contribution in [0.3, 0.4) is 0 Å². The second kappa shape index (κ2) is 8.19. The lowest BCUT2D eigenvalue weighted by molar-refractivity contribution is -0.160. The average Bonchev–Trinajstić information content (AvgIpc) is 2.61. The van der Waals surface area contributed by atoms with Crippen molar-refractivity contribution in [1.29, 1.82) is 0 Å². The Hall–Kier alpha value is -2.24. The van der Waals surface area contributed by atoms with Gasteiger partial charge in [-0.2, -0.15) is 0 Å². The Morgan fingerprint density at radius 3 is 2.85 bits per heavy atom. The Balaban J connectivity index is 1.67. The Kier molecular flexibility index (Phi) is 5.92. The number of benzene rings is 1.